The molecule has 4 heteroatoms. The van der Waals surface area contributed by atoms with Gasteiger partial charge in [0.2, 0.25) is 0 Å². The fraction of sp³-hybridized carbons (Fsp3) is 0. The molecule has 1 N–H and O–H groups in total. The molecule has 0 saturated carbocycles. The van der Waals surface area contributed by atoms with Crippen molar-refractivity contribution in [2.24, 2.45) is 0 Å². The molecule has 3 rings (SSSR count). The summed E-state index contributed by atoms with van der Waals surface area (Å²) in [5.74, 6) is -0.649. The Kier molecular flexibility index (Phi) is 5.02. The quantitative estimate of drug-likeness (QED) is 0.682. The van der Waals surface area contributed by atoms with Crippen LogP contribution in [0, 0.1) is 0 Å². The molecule has 0 aromatic heterocycles. The summed E-state index contributed by atoms with van der Waals surface area (Å²) in [6.07, 6.45) is 0. The first-order chi connectivity index (χ1) is 9.74. The Morgan fingerprint density at radius 2 is 1.43 bits per heavy atom. The predicted molar refractivity (Wildman–Crippen MR) is 77.8 cm³/mol. The number of carbonyl (C=O) groups is 1. The van der Waals surface area contributed by atoms with Crippen molar-refractivity contribution in [3.8, 4) is 5.75 Å². The number of carbonyl (C=O) groups excluding carboxylic acids is 1. The summed E-state index contributed by atoms with van der Waals surface area (Å²) in [6.45, 7) is 0. The smallest absolute Gasteiger partial charge is 0.872 e. The van der Waals surface area contributed by atoms with E-state index >= 15 is 0 Å². The zero-order chi connectivity index (χ0) is 13.9. The normalized spacial score (nSPS) is 9.90. The van der Waals surface area contributed by atoms with Crippen molar-refractivity contribution in [2.75, 3.05) is 5.32 Å². The van der Waals surface area contributed by atoms with E-state index in [9.17, 15) is 9.90 Å². The number of rotatable bonds is 2. The molecule has 0 unspecified atom stereocenters. The third kappa shape index (κ3) is 3.45. The van der Waals surface area contributed by atoms with Crippen molar-refractivity contribution in [1.82, 2.24) is 0 Å². The van der Waals surface area contributed by atoms with Crippen molar-refractivity contribution in [3.63, 3.8) is 0 Å². The zero-order valence-electron chi connectivity index (χ0n) is 11.7. The molecule has 21 heavy (non-hydrogen) atoms. The van der Waals surface area contributed by atoms with Gasteiger partial charge >= 0.3 is 29.6 Å². The van der Waals surface area contributed by atoms with Crippen LogP contribution in [0.4, 0.5) is 5.69 Å². The molecule has 0 spiro atoms. The molecule has 3 aromatic rings. The molecule has 3 nitrogen and oxygen atoms in total. The van der Waals surface area contributed by atoms with Gasteiger partial charge in [-0.1, -0.05) is 54.3 Å². The molecular weight excluding hydrogens is 273 g/mol. The number of para-hydroxylation sites is 1. The Hall–Kier alpha value is -1.81. The van der Waals surface area contributed by atoms with E-state index < -0.39 is 0 Å². The van der Waals surface area contributed by atoms with Gasteiger partial charge in [0.25, 0.3) is 5.91 Å². The number of hydrogen-bond acceptors (Lipinski definition) is 2. The van der Waals surface area contributed by atoms with Gasteiger partial charge in [-0.3, -0.25) is 4.79 Å². The van der Waals surface area contributed by atoms with E-state index in [2.05, 4.69) is 5.32 Å². The zero-order valence-corrected chi connectivity index (χ0v) is 13.7. The van der Waals surface area contributed by atoms with Crippen molar-refractivity contribution in [2.45, 2.75) is 0 Å². The maximum atomic E-state index is 12.2. The van der Waals surface area contributed by atoms with Gasteiger partial charge in [0.1, 0.15) is 0 Å². The van der Waals surface area contributed by atoms with Crippen molar-refractivity contribution >= 4 is 22.4 Å². The maximum Gasteiger partial charge on any atom is 1.00 e. The first kappa shape index (κ1) is 15.6. The first-order valence-electron chi connectivity index (χ1n) is 6.30. The Morgan fingerprint density at radius 3 is 2.10 bits per heavy atom. The van der Waals surface area contributed by atoms with Crippen LogP contribution in [-0.2, 0) is 0 Å². The summed E-state index contributed by atoms with van der Waals surface area (Å²) < 4.78 is 0. The minimum absolute atomic E-state index is 0. The summed E-state index contributed by atoms with van der Waals surface area (Å²) in [7, 11) is 0. The largest absolute Gasteiger partial charge is 1.00 e. The number of fused-ring (bicyclic) bond motifs is 1. The van der Waals surface area contributed by atoms with Crippen molar-refractivity contribution in [3.05, 3.63) is 72.3 Å². The number of anilines is 1. The van der Waals surface area contributed by atoms with Gasteiger partial charge in [0.05, 0.1) is 0 Å². The van der Waals surface area contributed by atoms with Crippen LogP contribution in [0.25, 0.3) is 10.8 Å². The molecular formula is C17H12NNaO2. The molecule has 98 valence electrons. The van der Waals surface area contributed by atoms with Crippen molar-refractivity contribution in [1.29, 1.82) is 0 Å². The van der Waals surface area contributed by atoms with Gasteiger partial charge in [-0.2, -0.15) is 0 Å². The van der Waals surface area contributed by atoms with Crippen molar-refractivity contribution < 1.29 is 39.5 Å². The van der Waals surface area contributed by atoms with Gasteiger partial charge < -0.3 is 10.4 Å². The molecule has 3 aromatic carbocycles. The van der Waals surface area contributed by atoms with Gasteiger partial charge in [-0.15, -0.1) is 0 Å². The van der Waals surface area contributed by atoms with E-state index in [1.807, 2.05) is 42.5 Å². The molecule has 0 atom stereocenters. The average Bonchev–Trinajstić information content (AvgIpc) is 2.47. The standard InChI is InChI=1S/C17H13NO2.Na/c19-16-11-13-7-5-4-6-12(13)10-15(16)17(20)18-14-8-2-1-3-9-14;/h1-11,19H,(H,18,20);/q;+1/p-1. The van der Waals surface area contributed by atoms with E-state index in [0.29, 0.717) is 5.69 Å². The fourth-order valence-corrected chi connectivity index (χ4v) is 2.12. The molecule has 0 bridgehead atoms. The van der Waals surface area contributed by atoms with E-state index in [1.54, 1.807) is 18.2 Å². The second kappa shape index (κ2) is 6.76. The van der Waals surface area contributed by atoms with Crippen LogP contribution in [0.5, 0.6) is 5.75 Å². The molecule has 0 aliphatic rings. The predicted octanol–water partition coefficient (Wildman–Crippen LogP) is 0.170. The molecule has 0 radical (unpaired) electrons. The van der Waals surface area contributed by atoms with Crippen LogP contribution >= 0.6 is 0 Å². The monoisotopic (exact) mass is 285 g/mol. The summed E-state index contributed by atoms with van der Waals surface area (Å²) in [4.78, 5) is 12.2. The van der Waals surface area contributed by atoms with Crippen LogP contribution in [0.2, 0.25) is 0 Å². The fourth-order valence-electron chi connectivity index (χ4n) is 2.12. The van der Waals surface area contributed by atoms with Crippen LogP contribution < -0.4 is 40.0 Å². The van der Waals surface area contributed by atoms with E-state index in [1.165, 1.54) is 6.07 Å². The van der Waals surface area contributed by atoms with Crippen LogP contribution in [0.1, 0.15) is 10.4 Å². The number of nitrogens with one attached hydrogen (secondary N) is 1. The summed E-state index contributed by atoms with van der Waals surface area (Å²) in [5, 5.41) is 16.5. The maximum absolute atomic E-state index is 12.2. The average molecular weight is 285 g/mol. The van der Waals surface area contributed by atoms with E-state index in [0.717, 1.165) is 10.8 Å². The Balaban J connectivity index is 0.00000161. The SMILES string of the molecule is O=C(Nc1ccccc1)c1cc2ccccc2cc1[O-].[Na+]. The number of hydrogen-bond donors (Lipinski definition) is 1. The molecule has 0 aliphatic heterocycles. The van der Waals surface area contributed by atoms with Gasteiger partial charge in [0, 0.05) is 11.3 Å². The summed E-state index contributed by atoms with van der Waals surface area (Å²) in [6, 6.07) is 19.7. The topological polar surface area (TPSA) is 52.2 Å². The van der Waals surface area contributed by atoms with Crippen LogP contribution in [0.15, 0.2) is 66.7 Å². The summed E-state index contributed by atoms with van der Waals surface area (Å²) in [5.41, 5.74) is 0.831. The molecule has 0 aliphatic carbocycles. The van der Waals surface area contributed by atoms with Crippen LogP contribution in [0.3, 0.4) is 0 Å². The summed E-state index contributed by atoms with van der Waals surface area (Å²) >= 11 is 0. The first-order valence-corrected chi connectivity index (χ1v) is 6.30. The van der Waals surface area contributed by atoms with Gasteiger partial charge in [-0.25, -0.2) is 0 Å². The number of amides is 1. The Bertz CT molecular complexity index is 772. The number of benzene rings is 3. The Morgan fingerprint density at radius 1 is 0.857 bits per heavy atom. The second-order valence-corrected chi connectivity index (χ2v) is 4.52. The molecule has 0 heterocycles. The minimum Gasteiger partial charge on any atom is -0.872 e. The molecule has 1 amide bonds. The Labute approximate surface area is 144 Å². The second-order valence-electron chi connectivity index (χ2n) is 4.52. The van der Waals surface area contributed by atoms with Gasteiger partial charge in [0.15, 0.2) is 0 Å². The molecule has 0 fully saturated rings. The minimum atomic E-state index is -0.382. The third-order valence-electron chi connectivity index (χ3n) is 3.12. The third-order valence-corrected chi connectivity index (χ3v) is 3.12. The van der Waals surface area contributed by atoms with Crippen LogP contribution in [-0.4, -0.2) is 5.91 Å². The molecule has 0 saturated heterocycles. The van der Waals surface area contributed by atoms with Gasteiger partial charge in [-0.05, 0) is 29.0 Å². The van der Waals surface area contributed by atoms with E-state index in [-0.39, 0.29) is 46.8 Å². The van der Waals surface area contributed by atoms with E-state index in [4.69, 9.17) is 0 Å².